The molecule has 1 unspecified atom stereocenters. The highest BCUT2D eigenvalue weighted by atomic mass is 32.2. The Morgan fingerprint density at radius 2 is 2.22 bits per heavy atom. The number of anilines is 1. The molecule has 0 aromatic carbocycles. The molecule has 2 atom stereocenters. The number of β-lactam (4-membered cyclic amide) rings is 1. The third-order valence-corrected chi connectivity index (χ3v) is 8.81. The molecule has 0 aliphatic carbocycles. The van der Waals surface area contributed by atoms with Crippen LogP contribution < -0.4 is 10.6 Å². The largest absolute Gasteiger partial charge is 0.477 e. The van der Waals surface area contributed by atoms with Crippen LogP contribution in [0.3, 0.4) is 0 Å². The zero-order valence-electron chi connectivity index (χ0n) is 18.7. The topological polar surface area (TPSA) is 176 Å². The number of carbonyl (C=O) groups excluding carboxylic acids is 3. The minimum atomic E-state index is -1.21. The van der Waals surface area contributed by atoms with Crippen molar-refractivity contribution >= 4 is 81.2 Å². The summed E-state index contributed by atoms with van der Waals surface area (Å²) in [6.07, 6.45) is 0.133. The lowest BCUT2D eigenvalue weighted by Crippen LogP contribution is -2.71. The summed E-state index contributed by atoms with van der Waals surface area (Å²) in [7, 11) is 0. The van der Waals surface area contributed by atoms with Gasteiger partial charge in [0.05, 0.1) is 0 Å². The Hall–Kier alpha value is -3.02. The van der Waals surface area contributed by atoms with Crippen molar-refractivity contribution in [3.63, 3.8) is 0 Å². The second-order valence-electron chi connectivity index (χ2n) is 7.51. The van der Waals surface area contributed by atoms with E-state index in [1.165, 1.54) is 45.1 Å². The molecular weight excluding hydrogens is 551 g/mol. The number of thioether (sulfide) groups is 2. The predicted molar refractivity (Wildman–Crippen MR) is 135 cm³/mol. The normalized spacial score (nSPS) is 19.6. The second-order valence-corrected chi connectivity index (χ2v) is 11.5. The van der Waals surface area contributed by atoms with E-state index in [4.69, 9.17) is 4.84 Å². The molecule has 4 heterocycles. The van der Waals surface area contributed by atoms with Crippen LogP contribution in [0.25, 0.3) is 0 Å². The third kappa shape index (κ3) is 5.53. The molecule has 13 nitrogen and oxygen atoms in total. The van der Waals surface area contributed by atoms with Crippen LogP contribution in [0, 0.1) is 0 Å². The Bertz CT molecular complexity index is 1230. The van der Waals surface area contributed by atoms with Crippen molar-refractivity contribution in [1.29, 1.82) is 0 Å². The zero-order valence-corrected chi connectivity index (χ0v) is 22.0. The van der Waals surface area contributed by atoms with Crippen LogP contribution >= 0.6 is 46.2 Å². The number of rotatable bonds is 11. The van der Waals surface area contributed by atoms with Gasteiger partial charge < -0.3 is 20.6 Å². The van der Waals surface area contributed by atoms with Crippen molar-refractivity contribution in [2.75, 3.05) is 16.8 Å². The Balaban J connectivity index is 1.50. The van der Waals surface area contributed by atoms with Crippen molar-refractivity contribution in [1.82, 2.24) is 25.4 Å². The Kier molecular flexibility index (Phi) is 8.22. The number of aromatic nitrogens is 3. The minimum absolute atomic E-state index is 0.0765. The van der Waals surface area contributed by atoms with E-state index in [1.807, 2.05) is 0 Å². The van der Waals surface area contributed by atoms with Gasteiger partial charge in [-0.1, -0.05) is 28.3 Å². The van der Waals surface area contributed by atoms with E-state index in [9.17, 15) is 24.3 Å². The SMILES string of the molecule is CC(C)ON=C(C(=O)NC1C(=O)N2C(C(=O)O)=C(CSc3nncs3)CS[C@@H]12)c1csc(NC=O)n1. The summed E-state index contributed by atoms with van der Waals surface area (Å²) in [5, 5.41) is 27.6. The first kappa shape index (κ1) is 26.1. The third-order valence-electron chi connectivity index (χ3n) is 4.75. The van der Waals surface area contributed by atoms with Gasteiger partial charge in [0, 0.05) is 16.9 Å². The first-order valence-corrected chi connectivity index (χ1v) is 14.1. The molecule has 36 heavy (non-hydrogen) atoms. The van der Waals surface area contributed by atoms with Gasteiger partial charge in [0.1, 0.15) is 34.4 Å². The Morgan fingerprint density at radius 1 is 1.42 bits per heavy atom. The molecule has 2 aliphatic heterocycles. The van der Waals surface area contributed by atoms with E-state index in [-0.39, 0.29) is 28.3 Å². The number of carboxylic acid groups (broad SMARTS) is 1. The van der Waals surface area contributed by atoms with Gasteiger partial charge >= 0.3 is 5.97 Å². The van der Waals surface area contributed by atoms with E-state index < -0.39 is 29.2 Å². The fourth-order valence-corrected chi connectivity index (χ4v) is 6.87. The van der Waals surface area contributed by atoms with Crippen molar-refractivity contribution in [2.24, 2.45) is 5.16 Å². The molecule has 190 valence electrons. The maximum absolute atomic E-state index is 13.1. The molecule has 0 saturated carbocycles. The van der Waals surface area contributed by atoms with E-state index >= 15 is 0 Å². The van der Waals surface area contributed by atoms with Gasteiger partial charge in [-0.2, -0.15) is 0 Å². The van der Waals surface area contributed by atoms with Gasteiger partial charge in [-0.25, -0.2) is 9.78 Å². The summed E-state index contributed by atoms with van der Waals surface area (Å²) in [6.45, 7) is 3.46. The number of nitrogens with one attached hydrogen (secondary N) is 2. The molecule has 2 aliphatic rings. The smallest absolute Gasteiger partial charge is 0.352 e. The summed E-state index contributed by atoms with van der Waals surface area (Å²) >= 11 is 5.14. The molecule has 0 bridgehead atoms. The fourth-order valence-electron chi connectivity index (χ4n) is 3.24. The van der Waals surface area contributed by atoms with Gasteiger partial charge in [-0.15, -0.1) is 33.3 Å². The highest BCUT2D eigenvalue weighted by molar-refractivity contribution is 8.01. The Labute approximate surface area is 220 Å². The monoisotopic (exact) mass is 569 g/mol. The van der Waals surface area contributed by atoms with Crippen LogP contribution in [-0.2, 0) is 24.0 Å². The maximum atomic E-state index is 13.1. The number of fused-ring (bicyclic) bond motifs is 1. The summed E-state index contributed by atoms with van der Waals surface area (Å²) in [5.74, 6) is -1.74. The number of hydrogen-bond donors (Lipinski definition) is 3. The summed E-state index contributed by atoms with van der Waals surface area (Å²) in [4.78, 5) is 59.4. The number of carbonyl (C=O) groups is 4. The van der Waals surface area contributed by atoms with Crippen LogP contribution in [-0.4, -0.2) is 84.1 Å². The van der Waals surface area contributed by atoms with Gasteiger partial charge in [0.15, 0.2) is 15.2 Å². The molecule has 3 N–H and O–H groups in total. The van der Waals surface area contributed by atoms with E-state index in [1.54, 1.807) is 19.4 Å². The molecule has 0 radical (unpaired) electrons. The average molecular weight is 570 g/mol. The van der Waals surface area contributed by atoms with E-state index in [2.05, 4.69) is 31.0 Å². The number of amides is 3. The van der Waals surface area contributed by atoms with Crippen LogP contribution in [0.1, 0.15) is 19.5 Å². The van der Waals surface area contributed by atoms with Crippen LogP contribution in [0.5, 0.6) is 0 Å². The summed E-state index contributed by atoms with van der Waals surface area (Å²) in [5.41, 5.74) is 2.08. The van der Waals surface area contributed by atoms with E-state index in [0.29, 0.717) is 27.8 Å². The fraction of sp³-hybridized carbons (Fsp3) is 0.368. The first-order chi connectivity index (χ1) is 17.3. The average Bonchev–Trinajstić information content (AvgIpc) is 3.53. The number of nitrogens with zero attached hydrogens (tertiary/aromatic N) is 5. The van der Waals surface area contributed by atoms with Gasteiger partial charge in [-0.3, -0.25) is 19.3 Å². The molecule has 4 rings (SSSR count). The molecular formula is C19H19N7O6S4. The van der Waals surface area contributed by atoms with Gasteiger partial charge in [0.25, 0.3) is 11.8 Å². The van der Waals surface area contributed by atoms with Crippen molar-refractivity contribution in [2.45, 2.75) is 35.7 Å². The number of aliphatic carboxylic acids is 1. The molecule has 2 aromatic heterocycles. The lowest BCUT2D eigenvalue weighted by molar-refractivity contribution is -0.150. The van der Waals surface area contributed by atoms with Crippen molar-refractivity contribution < 1.29 is 29.1 Å². The number of oxime groups is 1. The van der Waals surface area contributed by atoms with Gasteiger partial charge in [-0.05, 0) is 19.4 Å². The summed E-state index contributed by atoms with van der Waals surface area (Å²) in [6, 6.07) is -0.954. The minimum Gasteiger partial charge on any atom is -0.477 e. The molecule has 17 heteroatoms. The number of hydrogen-bond acceptors (Lipinski definition) is 13. The number of carboxylic acids is 1. The van der Waals surface area contributed by atoms with Gasteiger partial charge in [0.2, 0.25) is 6.41 Å². The molecule has 3 amide bonds. The highest BCUT2D eigenvalue weighted by Gasteiger charge is 2.54. The molecule has 1 saturated heterocycles. The second kappa shape index (κ2) is 11.4. The van der Waals surface area contributed by atoms with Crippen LogP contribution in [0.15, 0.2) is 31.7 Å². The maximum Gasteiger partial charge on any atom is 0.352 e. The lowest BCUT2D eigenvalue weighted by atomic mass is 10.0. The molecule has 2 aromatic rings. The number of thiazole rings is 1. The predicted octanol–water partition coefficient (Wildman–Crippen LogP) is 1.22. The first-order valence-electron chi connectivity index (χ1n) is 10.3. The van der Waals surface area contributed by atoms with Crippen LogP contribution in [0.4, 0.5) is 5.13 Å². The quantitative estimate of drug-likeness (QED) is 0.117. The van der Waals surface area contributed by atoms with E-state index in [0.717, 1.165) is 11.3 Å². The molecule has 0 spiro atoms. The van der Waals surface area contributed by atoms with Crippen LogP contribution in [0.2, 0.25) is 0 Å². The molecule has 1 fully saturated rings. The van der Waals surface area contributed by atoms with Crippen molar-refractivity contribution in [3.8, 4) is 0 Å². The summed E-state index contributed by atoms with van der Waals surface area (Å²) < 4.78 is 0.698. The highest BCUT2D eigenvalue weighted by Crippen LogP contribution is 2.41. The zero-order chi connectivity index (χ0) is 25.8. The standard InChI is InChI=1S/C19H19N7O6S4/c1-8(2)32-25-11(10-5-34-18(22-10)20-6-27)14(28)23-12-15(29)26-13(17(30)31)9(3-33-16(12)26)4-35-19-24-21-7-36-19/h5-8,12,16H,3-4H2,1-2H3,(H,23,28)(H,30,31)(H,20,22,27)/t12?,16-/m0/s1. The van der Waals surface area contributed by atoms with Crippen molar-refractivity contribution in [3.05, 3.63) is 27.9 Å². The lowest BCUT2D eigenvalue weighted by Gasteiger charge is -2.49. The Morgan fingerprint density at radius 3 is 2.89 bits per heavy atom.